The van der Waals surface area contributed by atoms with Gasteiger partial charge in [0, 0.05) is 20.1 Å². The molecule has 0 aliphatic carbocycles. The predicted octanol–water partition coefficient (Wildman–Crippen LogP) is -0.0169. The molecular weight excluding hydrogens is 246 g/mol. The minimum absolute atomic E-state index is 0.0412. The molecule has 0 bridgehead atoms. The van der Waals surface area contributed by atoms with E-state index in [2.05, 4.69) is 17.0 Å². The van der Waals surface area contributed by atoms with Crippen LogP contribution in [0, 0.1) is 0 Å². The molecule has 0 aromatic carbocycles. The van der Waals surface area contributed by atoms with E-state index >= 15 is 0 Å². The summed E-state index contributed by atoms with van der Waals surface area (Å²) < 4.78 is 1.72. The standard InChI is InChI=1S/C12H17N5O2/c1-3-10(18)16-5-4-8(7-16)17-12(14-2)9(6-15-17)11(13)19/h3,6,8,14H,1,4-5,7H2,2H3,(H2,13,19)/t8-/m0/s1. The fraction of sp³-hybridized carbons (Fsp3) is 0.417. The van der Waals surface area contributed by atoms with Crippen LogP contribution in [0.15, 0.2) is 18.9 Å². The largest absolute Gasteiger partial charge is 0.373 e. The minimum Gasteiger partial charge on any atom is -0.373 e. The fourth-order valence-electron chi connectivity index (χ4n) is 2.34. The lowest BCUT2D eigenvalue weighted by Crippen LogP contribution is -2.27. The average molecular weight is 263 g/mol. The van der Waals surface area contributed by atoms with E-state index in [1.807, 2.05) is 0 Å². The SMILES string of the molecule is C=CC(=O)N1CC[C@H](n2ncc(C(N)=O)c2NC)C1. The maximum atomic E-state index is 11.5. The molecule has 2 rings (SSSR count). The van der Waals surface area contributed by atoms with Gasteiger partial charge >= 0.3 is 0 Å². The van der Waals surface area contributed by atoms with Crippen molar-refractivity contribution in [3.63, 3.8) is 0 Å². The van der Waals surface area contributed by atoms with Crippen LogP contribution >= 0.6 is 0 Å². The summed E-state index contributed by atoms with van der Waals surface area (Å²) in [5, 5.41) is 7.14. The van der Waals surface area contributed by atoms with Gasteiger partial charge in [-0.15, -0.1) is 0 Å². The number of rotatable bonds is 4. The number of carbonyl (C=O) groups is 2. The molecule has 1 aromatic rings. The predicted molar refractivity (Wildman–Crippen MR) is 70.7 cm³/mol. The Morgan fingerprint density at radius 3 is 2.95 bits per heavy atom. The number of primary amides is 1. The van der Waals surface area contributed by atoms with Crippen molar-refractivity contribution in [1.82, 2.24) is 14.7 Å². The molecule has 0 unspecified atom stereocenters. The molecule has 19 heavy (non-hydrogen) atoms. The summed E-state index contributed by atoms with van der Waals surface area (Å²) in [6, 6.07) is 0.0412. The number of nitrogens with one attached hydrogen (secondary N) is 1. The monoisotopic (exact) mass is 263 g/mol. The third-order valence-corrected chi connectivity index (χ3v) is 3.29. The number of hydrogen-bond donors (Lipinski definition) is 2. The van der Waals surface area contributed by atoms with Crippen molar-refractivity contribution in [2.45, 2.75) is 12.5 Å². The Labute approximate surface area is 111 Å². The van der Waals surface area contributed by atoms with Gasteiger partial charge in [0.2, 0.25) is 5.91 Å². The van der Waals surface area contributed by atoms with Crippen LogP contribution in [0.3, 0.4) is 0 Å². The van der Waals surface area contributed by atoms with Gasteiger partial charge in [-0.1, -0.05) is 6.58 Å². The number of aromatic nitrogens is 2. The molecule has 1 fully saturated rings. The van der Waals surface area contributed by atoms with Crippen molar-refractivity contribution in [3.8, 4) is 0 Å². The van der Waals surface area contributed by atoms with Crippen LogP contribution in [0.4, 0.5) is 5.82 Å². The Kier molecular flexibility index (Phi) is 3.55. The van der Waals surface area contributed by atoms with Crippen molar-refractivity contribution in [2.75, 3.05) is 25.5 Å². The van der Waals surface area contributed by atoms with Crippen molar-refractivity contribution >= 4 is 17.6 Å². The van der Waals surface area contributed by atoms with E-state index in [-0.39, 0.29) is 11.9 Å². The van der Waals surface area contributed by atoms with Crippen LogP contribution in [-0.2, 0) is 4.79 Å². The quantitative estimate of drug-likeness (QED) is 0.747. The molecule has 1 aromatic heterocycles. The van der Waals surface area contributed by atoms with E-state index in [0.717, 1.165) is 6.42 Å². The fourth-order valence-corrected chi connectivity index (χ4v) is 2.34. The highest BCUT2D eigenvalue weighted by Gasteiger charge is 2.29. The number of carbonyl (C=O) groups excluding carboxylic acids is 2. The Bertz CT molecular complexity index is 522. The second kappa shape index (κ2) is 5.13. The molecule has 2 heterocycles. The van der Waals surface area contributed by atoms with Crippen LogP contribution in [0.2, 0.25) is 0 Å². The lowest BCUT2D eigenvalue weighted by atomic mass is 10.2. The Morgan fingerprint density at radius 1 is 1.63 bits per heavy atom. The van der Waals surface area contributed by atoms with Gasteiger partial charge in [0.1, 0.15) is 11.4 Å². The first-order valence-corrected chi connectivity index (χ1v) is 6.05. The van der Waals surface area contributed by atoms with Crippen molar-refractivity contribution in [2.24, 2.45) is 5.73 Å². The number of anilines is 1. The first-order chi connectivity index (χ1) is 9.08. The van der Waals surface area contributed by atoms with Crippen LogP contribution in [0.1, 0.15) is 22.8 Å². The molecule has 0 spiro atoms. The number of nitrogens with zero attached hydrogens (tertiary/aromatic N) is 3. The zero-order valence-corrected chi connectivity index (χ0v) is 10.8. The lowest BCUT2D eigenvalue weighted by Gasteiger charge is -2.16. The second-order valence-corrected chi connectivity index (χ2v) is 4.40. The van der Waals surface area contributed by atoms with Gasteiger partial charge in [-0.25, -0.2) is 4.68 Å². The van der Waals surface area contributed by atoms with Crippen molar-refractivity contribution in [3.05, 3.63) is 24.4 Å². The van der Waals surface area contributed by atoms with E-state index in [1.165, 1.54) is 12.3 Å². The van der Waals surface area contributed by atoms with Gasteiger partial charge in [0.05, 0.1) is 12.2 Å². The normalized spacial score (nSPS) is 18.4. The highest BCUT2D eigenvalue weighted by atomic mass is 16.2. The topological polar surface area (TPSA) is 93.2 Å². The molecule has 3 N–H and O–H groups in total. The van der Waals surface area contributed by atoms with Gasteiger partial charge in [-0.05, 0) is 12.5 Å². The summed E-state index contributed by atoms with van der Waals surface area (Å²) in [6.45, 7) is 4.69. The summed E-state index contributed by atoms with van der Waals surface area (Å²) in [6.07, 6.45) is 3.54. The summed E-state index contributed by atoms with van der Waals surface area (Å²) in [4.78, 5) is 24.5. The van der Waals surface area contributed by atoms with E-state index in [1.54, 1.807) is 16.6 Å². The summed E-state index contributed by atoms with van der Waals surface area (Å²) >= 11 is 0. The number of amides is 2. The van der Waals surface area contributed by atoms with Crippen LogP contribution < -0.4 is 11.1 Å². The summed E-state index contributed by atoms with van der Waals surface area (Å²) in [5.41, 5.74) is 5.65. The molecule has 7 heteroatoms. The molecule has 7 nitrogen and oxygen atoms in total. The molecule has 0 saturated carbocycles. The third kappa shape index (κ3) is 2.31. The molecule has 1 saturated heterocycles. The summed E-state index contributed by atoms with van der Waals surface area (Å²) in [7, 11) is 1.71. The van der Waals surface area contributed by atoms with E-state index in [9.17, 15) is 9.59 Å². The molecule has 0 radical (unpaired) electrons. The first-order valence-electron chi connectivity index (χ1n) is 6.05. The molecule has 1 aliphatic rings. The number of nitrogens with two attached hydrogens (primary N) is 1. The molecule has 2 amide bonds. The zero-order valence-electron chi connectivity index (χ0n) is 10.8. The van der Waals surface area contributed by atoms with Gasteiger partial charge in [0.25, 0.3) is 5.91 Å². The van der Waals surface area contributed by atoms with E-state index in [4.69, 9.17) is 5.73 Å². The maximum Gasteiger partial charge on any atom is 0.254 e. The summed E-state index contributed by atoms with van der Waals surface area (Å²) in [5.74, 6) is -0.0196. The maximum absolute atomic E-state index is 11.5. The van der Waals surface area contributed by atoms with Crippen molar-refractivity contribution < 1.29 is 9.59 Å². The highest BCUT2D eigenvalue weighted by Crippen LogP contribution is 2.26. The molecule has 1 atom stereocenters. The van der Waals surface area contributed by atoms with Crippen molar-refractivity contribution in [1.29, 1.82) is 0 Å². The van der Waals surface area contributed by atoms with Gasteiger partial charge < -0.3 is 16.0 Å². The van der Waals surface area contributed by atoms with Crippen LogP contribution in [0.25, 0.3) is 0 Å². The average Bonchev–Trinajstić information content (AvgIpc) is 3.03. The smallest absolute Gasteiger partial charge is 0.254 e. The first kappa shape index (κ1) is 13.1. The number of likely N-dealkylation sites (tertiary alicyclic amines) is 1. The van der Waals surface area contributed by atoms with E-state index in [0.29, 0.717) is 24.5 Å². The van der Waals surface area contributed by atoms with Gasteiger partial charge in [-0.3, -0.25) is 9.59 Å². The van der Waals surface area contributed by atoms with Gasteiger partial charge in [-0.2, -0.15) is 5.10 Å². The molecule has 1 aliphatic heterocycles. The highest BCUT2D eigenvalue weighted by molar-refractivity contribution is 5.97. The molecular formula is C12H17N5O2. The second-order valence-electron chi connectivity index (χ2n) is 4.40. The van der Waals surface area contributed by atoms with Gasteiger partial charge in [0.15, 0.2) is 0 Å². The lowest BCUT2D eigenvalue weighted by molar-refractivity contribution is -0.125. The zero-order chi connectivity index (χ0) is 14.0. The van der Waals surface area contributed by atoms with Crippen LogP contribution in [-0.4, -0.2) is 46.6 Å². The number of hydrogen-bond acceptors (Lipinski definition) is 4. The minimum atomic E-state index is -0.521. The van der Waals surface area contributed by atoms with Crippen LogP contribution in [0.5, 0.6) is 0 Å². The Balaban J connectivity index is 2.22. The Hall–Kier alpha value is -2.31. The van der Waals surface area contributed by atoms with E-state index < -0.39 is 5.91 Å². The molecule has 102 valence electrons. The third-order valence-electron chi connectivity index (χ3n) is 3.29. The Morgan fingerprint density at radius 2 is 2.37 bits per heavy atom.